The van der Waals surface area contributed by atoms with Gasteiger partial charge in [-0.1, -0.05) is 29.8 Å². The van der Waals surface area contributed by atoms with E-state index in [2.05, 4.69) is 10.6 Å². The molecule has 0 saturated heterocycles. The number of para-hydroxylation sites is 1. The number of nitrogens with zero attached hydrogens (tertiary/aromatic N) is 2. The van der Waals surface area contributed by atoms with Crippen molar-refractivity contribution < 1.29 is 19.1 Å². The Kier molecular flexibility index (Phi) is 8.62. The quantitative estimate of drug-likeness (QED) is 0.621. The van der Waals surface area contributed by atoms with Gasteiger partial charge >= 0.3 is 6.03 Å². The molecule has 1 aliphatic rings. The highest BCUT2D eigenvalue weighted by molar-refractivity contribution is 6.34. The van der Waals surface area contributed by atoms with Gasteiger partial charge in [0.25, 0.3) is 5.91 Å². The largest absolute Gasteiger partial charge is 0.494 e. The summed E-state index contributed by atoms with van der Waals surface area (Å²) in [7, 11) is 0. The molecule has 0 aliphatic carbocycles. The first-order valence-electron chi connectivity index (χ1n) is 11.8. The lowest BCUT2D eigenvalue weighted by Gasteiger charge is -2.30. The van der Waals surface area contributed by atoms with E-state index in [1.165, 1.54) is 0 Å². The van der Waals surface area contributed by atoms with E-state index < -0.39 is 6.04 Å². The van der Waals surface area contributed by atoms with Gasteiger partial charge in [-0.3, -0.25) is 9.59 Å². The molecule has 35 heavy (non-hydrogen) atoms. The number of nitrogens with one attached hydrogen (secondary N) is 2. The third-order valence-corrected chi connectivity index (χ3v) is 6.07. The molecule has 0 aromatic heterocycles. The molecule has 4 amide bonds. The van der Waals surface area contributed by atoms with Gasteiger partial charge in [-0.05, 0) is 64.4 Å². The number of hydrogen-bond acceptors (Lipinski definition) is 4. The van der Waals surface area contributed by atoms with Gasteiger partial charge in [-0.2, -0.15) is 0 Å². The van der Waals surface area contributed by atoms with E-state index in [-0.39, 0.29) is 36.5 Å². The van der Waals surface area contributed by atoms with Crippen LogP contribution in [0.1, 0.15) is 50.5 Å². The molecule has 2 aromatic rings. The maximum Gasteiger partial charge on any atom is 0.318 e. The molecule has 1 heterocycles. The van der Waals surface area contributed by atoms with Crippen molar-refractivity contribution in [3.63, 3.8) is 0 Å². The summed E-state index contributed by atoms with van der Waals surface area (Å²) in [6.45, 7) is 10.2. The molecule has 8 nitrogen and oxygen atoms in total. The molecule has 0 radical (unpaired) electrons. The lowest BCUT2D eigenvalue weighted by atomic mass is 10.1. The zero-order valence-corrected chi connectivity index (χ0v) is 21.6. The average Bonchev–Trinajstić information content (AvgIpc) is 2.95. The summed E-state index contributed by atoms with van der Waals surface area (Å²) in [6, 6.07) is 11.1. The Morgan fingerprint density at radius 1 is 1.11 bits per heavy atom. The second-order valence-electron chi connectivity index (χ2n) is 8.93. The van der Waals surface area contributed by atoms with Crippen LogP contribution in [0.4, 0.5) is 10.5 Å². The molecule has 0 bridgehead atoms. The summed E-state index contributed by atoms with van der Waals surface area (Å²) in [4.78, 5) is 42.4. The van der Waals surface area contributed by atoms with Crippen LogP contribution in [0.2, 0.25) is 5.02 Å². The minimum absolute atomic E-state index is 0.0279. The predicted octanol–water partition coefficient (Wildman–Crippen LogP) is 4.21. The highest BCUT2D eigenvalue weighted by Gasteiger charge is 2.33. The van der Waals surface area contributed by atoms with E-state index in [1.807, 2.05) is 52.0 Å². The van der Waals surface area contributed by atoms with Gasteiger partial charge in [-0.15, -0.1) is 0 Å². The zero-order chi connectivity index (χ0) is 25.7. The van der Waals surface area contributed by atoms with Crippen LogP contribution in [-0.2, 0) is 11.3 Å². The summed E-state index contributed by atoms with van der Waals surface area (Å²) in [6.07, 6.45) is 0. The molecule has 0 spiro atoms. The van der Waals surface area contributed by atoms with Crippen LogP contribution in [0, 0.1) is 0 Å². The van der Waals surface area contributed by atoms with E-state index in [4.69, 9.17) is 16.3 Å². The Morgan fingerprint density at radius 3 is 2.49 bits per heavy atom. The van der Waals surface area contributed by atoms with Crippen LogP contribution < -0.4 is 20.3 Å². The fourth-order valence-electron chi connectivity index (χ4n) is 3.99. The summed E-state index contributed by atoms with van der Waals surface area (Å²) in [5.41, 5.74) is 1.89. The van der Waals surface area contributed by atoms with E-state index >= 15 is 0 Å². The second-order valence-corrected chi connectivity index (χ2v) is 9.34. The molecular weight excluding hydrogens is 468 g/mol. The average molecular weight is 501 g/mol. The van der Waals surface area contributed by atoms with Crippen LogP contribution in [0.15, 0.2) is 42.5 Å². The van der Waals surface area contributed by atoms with Crippen molar-refractivity contribution in [2.45, 2.75) is 59.3 Å². The van der Waals surface area contributed by atoms with Crippen LogP contribution in [0.3, 0.4) is 0 Å². The Hall–Kier alpha value is -3.26. The van der Waals surface area contributed by atoms with Crippen molar-refractivity contribution in [3.8, 4) is 5.75 Å². The lowest BCUT2D eigenvalue weighted by molar-refractivity contribution is -0.123. The normalized spacial score (nSPS) is 16.3. The van der Waals surface area contributed by atoms with Gasteiger partial charge in [0.15, 0.2) is 0 Å². The molecule has 188 valence electrons. The van der Waals surface area contributed by atoms with Gasteiger partial charge in [0.1, 0.15) is 11.8 Å². The first-order valence-corrected chi connectivity index (χ1v) is 12.2. The fraction of sp³-hybridized carbons (Fsp3) is 0.423. The first kappa shape index (κ1) is 26.3. The van der Waals surface area contributed by atoms with Crippen molar-refractivity contribution in [1.29, 1.82) is 0 Å². The highest BCUT2D eigenvalue weighted by atomic mass is 35.5. The number of anilines is 1. The number of halogens is 1. The minimum atomic E-state index is -0.698. The van der Waals surface area contributed by atoms with Crippen LogP contribution >= 0.6 is 11.6 Å². The lowest BCUT2D eigenvalue weighted by Crippen LogP contribution is -2.53. The van der Waals surface area contributed by atoms with Crippen molar-refractivity contribution >= 4 is 35.1 Å². The molecule has 2 N–H and O–H groups in total. The topological polar surface area (TPSA) is 91.0 Å². The third-order valence-electron chi connectivity index (χ3n) is 5.75. The number of urea groups is 1. The Bertz CT molecular complexity index is 1090. The minimum Gasteiger partial charge on any atom is -0.494 e. The van der Waals surface area contributed by atoms with Crippen molar-refractivity contribution in [2.24, 2.45) is 0 Å². The number of benzene rings is 2. The molecule has 0 saturated carbocycles. The molecule has 0 fully saturated rings. The summed E-state index contributed by atoms with van der Waals surface area (Å²) in [5, 5.41) is 5.88. The van der Waals surface area contributed by atoms with Gasteiger partial charge in [-0.25, -0.2) is 4.79 Å². The molecule has 0 unspecified atom stereocenters. The molecule has 9 heteroatoms. The third kappa shape index (κ3) is 6.25. The van der Waals surface area contributed by atoms with Gasteiger partial charge < -0.3 is 25.2 Å². The Morgan fingerprint density at radius 2 is 1.83 bits per heavy atom. The van der Waals surface area contributed by atoms with E-state index in [0.717, 1.165) is 11.3 Å². The zero-order valence-electron chi connectivity index (χ0n) is 20.8. The van der Waals surface area contributed by atoms with Crippen LogP contribution in [0.5, 0.6) is 5.75 Å². The standard InChI is InChI=1S/C26H33ClN4O4/c1-6-35-20-11-12-21(22(27)13-20)25(33)31-14-17(4)30(15-19-9-7-8-10-23(19)31)26(34)29-18(5)24(32)28-16(2)3/h7-13,16-18H,6,14-15H2,1-5H3,(H,28,32)(H,29,34)/t17-,18+/m0/s1. The second kappa shape index (κ2) is 11.4. The number of ether oxygens (including phenoxy) is 1. The van der Waals surface area contributed by atoms with Crippen molar-refractivity contribution in [2.75, 3.05) is 18.1 Å². The number of rotatable bonds is 6. The Labute approximate surface area is 211 Å². The van der Waals surface area contributed by atoms with Crippen LogP contribution in [0.25, 0.3) is 0 Å². The number of carbonyl (C=O) groups excluding carboxylic acids is 3. The first-order chi connectivity index (χ1) is 16.6. The van der Waals surface area contributed by atoms with E-state index in [9.17, 15) is 14.4 Å². The number of hydrogen-bond donors (Lipinski definition) is 2. The smallest absolute Gasteiger partial charge is 0.318 e. The molecule has 3 rings (SSSR count). The molecule has 2 aromatic carbocycles. The van der Waals surface area contributed by atoms with Crippen molar-refractivity contribution in [3.05, 3.63) is 58.6 Å². The molecular formula is C26H33ClN4O4. The Balaban J connectivity index is 1.86. The number of amides is 4. The summed E-state index contributed by atoms with van der Waals surface area (Å²) in [5.74, 6) is 0.0830. The maximum absolute atomic E-state index is 13.6. The molecule has 1 aliphatic heterocycles. The fourth-order valence-corrected chi connectivity index (χ4v) is 4.24. The summed E-state index contributed by atoms with van der Waals surface area (Å²) >= 11 is 6.45. The van der Waals surface area contributed by atoms with Gasteiger partial charge in [0, 0.05) is 30.9 Å². The van der Waals surface area contributed by atoms with E-state index in [1.54, 1.807) is 34.9 Å². The SMILES string of the molecule is CCOc1ccc(C(=O)N2C[C@H](C)N(C(=O)N[C@H](C)C(=O)NC(C)C)Cc3ccccc32)c(Cl)c1. The summed E-state index contributed by atoms with van der Waals surface area (Å²) < 4.78 is 5.48. The van der Waals surface area contributed by atoms with E-state index in [0.29, 0.717) is 29.5 Å². The number of carbonyl (C=O) groups is 3. The molecule has 2 atom stereocenters. The monoisotopic (exact) mass is 500 g/mol. The predicted molar refractivity (Wildman–Crippen MR) is 137 cm³/mol. The maximum atomic E-state index is 13.6. The van der Waals surface area contributed by atoms with Gasteiger partial charge in [0.2, 0.25) is 5.91 Å². The number of fused-ring (bicyclic) bond motifs is 1. The van der Waals surface area contributed by atoms with Gasteiger partial charge in [0.05, 0.1) is 17.2 Å². The van der Waals surface area contributed by atoms with Crippen molar-refractivity contribution in [1.82, 2.24) is 15.5 Å². The highest BCUT2D eigenvalue weighted by Crippen LogP contribution is 2.31. The van der Waals surface area contributed by atoms with Crippen LogP contribution in [-0.4, -0.2) is 54.0 Å².